The van der Waals surface area contributed by atoms with Gasteiger partial charge in [0.2, 0.25) is 0 Å². The Labute approximate surface area is 259 Å². The molecule has 0 atom stereocenters. The Morgan fingerprint density at radius 3 is 2.47 bits per heavy atom. The van der Waals surface area contributed by atoms with Crippen LogP contribution in [0, 0.1) is 13.8 Å². The highest BCUT2D eigenvalue weighted by atomic mass is 16.5. The van der Waals surface area contributed by atoms with Crippen LogP contribution in [0.5, 0.6) is 0 Å². The van der Waals surface area contributed by atoms with Crippen molar-refractivity contribution in [3.05, 3.63) is 104 Å². The number of carbonyl (C=O) groups is 1. The number of benzene rings is 2. The number of fused-ring (bicyclic) bond motifs is 1. The van der Waals surface area contributed by atoms with Crippen LogP contribution >= 0.6 is 0 Å². The van der Waals surface area contributed by atoms with Gasteiger partial charge < -0.3 is 15.0 Å². The van der Waals surface area contributed by atoms with Gasteiger partial charge in [0.25, 0.3) is 17.0 Å². The second-order valence-corrected chi connectivity index (χ2v) is 12.2. The van der Waals surface area contributed by atoms with Crippen molar-refractivity contribution in [2.24, 2.45) is 0 Å². The maximum atomic E-state index is 13.6. The minimum Gasteiger partial charge on any atom is -0.378 e. The van der Waals surface area contributed by atoms with Crippen molar-refractivity contribution in [2.75, 3.05) is 31.6 Å². The summed E-state index contributed by atoms with van der Waals surface area (Å²) in [5.74, 6) is 0.302. The number of aromatic nitrogens is 5. The first-order valence-electron chi connectivity index (χ1n) is 14.8. The number of morpholine rings is 1. The Hall–Kier alpha value is -5.16. The topological polar surface area (TPSA) is 135 Å². The number of nitrogens with one attached hydrogen (secondary N) is 2. The maximum absolute atomic E-state index is 13.6. The number of anilines is 2. The molecule has 2 aromatic carbocycles. The van der Waals surface area contributed by atoms with Crippen LogP contribution in [-0.4, -0.2) is 61.8 Å². The second kappa shape index (κ2) is 11.7. The van der Waals surface area contributed by atoms with Crippen LogP contribution in [0.1, 0.15) is 47.8 Å². The van der Waals surface area contributed by atoms with Gasteiger partial charge >= 0.3 is 0 Å². The van der Waals surface area contributed by atoms with E-state index in [4.69, 9.17) is 4.74 Å². The lowest BCUT2D eigenvalue weighted by Crippen LogP contribution is -2.40. The number of rotatable bonds is 5. The molecule has 1 saturated heterocycles. The number of hydrogen-bond acceptors (Lipinski definition) is 8. The van der Waals surface area contributed by atoms with E-state index in [0.717, 1.165) is 16.7 Å². The molecule has 2 N–H and O–H groups in total. The van der Waals surface area contributed by atoms with Crippen LogP contribution in [0.4, 0.5) is 11.5 Å². The van der Waals surface area contributed by atoms with Crippen molar-refractivity contribution in [2.45, 2.75) is 40.0 Å². The molecule has 1 aliphatic heterocycles. The second-order valence-electron chi connectivity index (χ2n) is 12.2. The molecule has 0 unspecified atom stereocenters. The third kappa shape index (κ3) is 5.74. The maximum Gasteiger partial charge on any atom is 0.288 e. The molecule has 5 aromatic rings. The minimum atomic E-state index is -0.412. The molecule has 11 nitrogen and oxygen atoms in total. The zero-order valence-corrected chi connectivity index (χ0v) is 26.0. The van der Waals surface area contributed by atoms with E-state index in [2.05, 4.69) is 46.3 Å². The van der Waals surface area contributed by atoms with Gasteiger partial charge in [-0.25, -0.2) is 15.1 Å². The SMILES string of the molecule is Cc1c(-c2n[nH]c(=O)c(Nc3ccc(C(=O)N4CCOCC4)cn3)c2C)cccc1-n1cnc2cc(C(C)(C)C)ccc2c1=O. The number of pyridine rings is 1. The Bertz CT molecular complexity index is 2040. The molecule has 0 spiro atoms. The third-order valence-electron chi connectivity index (χ3n) is 8.23. The first kappa shape index (κ1) is 29.9. The number of amides is 1. The summed E-state index contributed by atoms with van der Waals surface area (Å²) in [6.45, 7) is 12.2. The highest BCUT2D eigenvalue weighted by Gasteiger charge is 2.21. The number of nitrogens with zero attached hydrogens (tertiary/aromatic N) is 5. The lowest BCUT2D eigenvalue weighted by Gasteiger charge is -2.26. The van der Waals surface area contributed by atoms with Crippen molar-refractivity contribution in [3.8, 4) is 16.9 Å². The molecular weight excluding hydrogens is 570 g/mol. The standard InChI is InChI=1S/C34H35N7O4/c1-20-24(7-6-8-27(20)41-19-36-26-17-23(34(3,4)5)10-11-25(26)33(41)44)29-21(2)30(31(42)39-38-29)37-28-12-9-22(18-35-28)32(43)40-13-15-45-16-14-40/h6-12,17-19H,13-16H2,1-5H3,(H,39,42)(H,35,37,38). The number of ether oxygens (including phenoxy) is 1. The fourth-order valence-electron chi connectivity index (χ4n) is 5.52. The molecule has 0 aliphatic carbocycles. The molecule has 1 aliphatic rings. The highest BCUT2D eigenvalue weighted by molar-refractivity contribution is 5.94. The van der Waals surface area contributed by atoms with Crippen LogP contribution in [0.15, 0.2) is 70.6 Å². The van der Waals surface area contributed by atoms with E-state index >= 15 is 0 Å². The number of carbonyl (C=O) groups excluding carboxylic acids is 1. The molecule has 45 heavy (non-hydrogen) atoms. The molecule has 0 saturated carbocycles. The van der Waals surface area contributed by atoms with Crippen molar-refractivity contribution >= 4 is 28.3 Å². The van der Waals surface area contributed by atoms with E-state index in [1.54, 1.807) is 34.9 Å². The fourth-order valence-corrected chi connectivity index (χ4v) is 5.52. The normalized spacial score (nSPS) is 13.7. The zero-order chi connectivity index (χ0) is 31.9. The van der Waals surface area contributed by atoms with E-state index in [1.165, 1.54) is 6.20 Å². The van der Waals surface area contributed by atoms with Crippen LogP contribution in [-0.2, 0) is 10.2 Å². The van der Waals surface area contributed by atoms with Gasteiger partial charge in [0.05, 0.1) is 41.1 Å². The quantitative estimate of drug-likeness (QED) is 0.295. The molecule has 230 valence electrons. The van der Waals surface area contributed by atoms with Gasteiger partial charge in [-0.05, 0) is 60.7 Å². The van der Waals surface area contributed by atoms with Crippen LogP contribution in [0.25, 0.3) is 27.8 Å². The largest absolute Gasteiger partial charge is 0.378 e. The van der Waals surface area contributed by atoms with Gasteiger partial charge in [-0.2, -0.15) is 5.10 Å². The predicted molar refractivity (Wildman–Crippen MR) is 174 cm³/mol. The molecule has 1 fully saturated rings. The Morgan fingerprint density at radius 1 is 0.978 bits per heavy atom. The van der Waals surface area contributed by atoms with Gasteiger partial charge in [-0.3, -0.25) is 19.0 Å². The molecular formula is C34H35N7O4. The monoisotopic (exact) mass is 605 g/mol. The Kier molecular flexibility index (Phi) is 7.80. The van der Waals surface area contributed by atoms with Gasteiger partial charge in [0.1, 0.15) is 17.8 Å². The predicted octanol–water partition coefficient (Wildman–Crippen LogP) is 4.66. The fraction of sp³-hybridized carbons (Fsp3) is 0.294. The Balaban J connectivity index is 1.32. The molecule has 11 heteroatoms. The summed E-state index contributed by atoms with van der Waals surface area (Å²) in [5, 5.41) is 10.6. The van der Waals surface area contributed by atoms with E-state index < -0.39 is 5.56 Å². The van der Waals surface area contributed by atoms with Gasteiger partial charge in [0, 0.05) is 30.4 Å². The molecule has 4 heterocycles. The van der Waals surface area contributed by atoms with Crippen LogP contribution < -0.4 is 16.4 Å². The highest BCUT2D eigenvalue weighted by Crippen LogP contribution is 2.31. The summed E-state index contributed by atoms with van der Waals surface area (Å²) in [7, 11) is 0. The molecule has 0 radical (unpaired) electrons. The van der Waals surface area contributed by atoms with Crippen LogP contribution in [0.2, 0.25) is 0 Å². The van der Waals surface area contributed by atoms with Crippen molar-refractivity contribution < 1.29 is 9.53 Å². The number of hydrogen-bond donors (Lipinski definition) is 2. The van der Waals surface area contributed by atoms with Gasteiger partial charge in [-0.1, -0.05) is 39.0 Å². The van der Waals surface area contributed by atoms with E-state index in [9.17, 15) is 14.4 Å². The van der Waals surface area contributed by atoms with E-state index in [1.807, 2.05) is 43.3 Å². The lowest BCUT2D eigenvalue weighted by atomic mass is 9.86. The smallest absolute Gasteiger partial charge is 0.288 e. The van der Waals surface area contributed by atoms with Gasteiger partial charge in [0.15, 0.2) is 0 Å². The summed E-state index contributed by atoms with van der Waals surface area (Å²) in [5.41, 5.74) is 5.22. The lowest BCUT2D eigenvalue weighted by molar-refractivity contribution is 0.0302. The van der Waals surface area contributed by atoms with Crippen molar-refractivity contribution in [1.29, 1.82) is 0 Å². The Morgan fingerprint density at radius 2 is 1.76 bits per heavy atom. The molecule has 1 amide bonds. The molecule has 0 bridgehead atoms. The van der Waals surface area contributed by atoms with Crippen molar-refractivity contribution in [1.82, 2.24) is 29.6 Å². The first-order chi connectivity index (χ1) is 21.5. The van der Waals surface area contributed by atoms with Crippen molar-refractivity contribution in [3.63, 3.8) is 0 Å². The minimum absolute atomic E-state index is 0.0630. The summed E-state index contributed by atoms with van der Waals surface area (Å²) in [6, 6.07) is 14.8. The summed E-state index contributed by atoms with van der Waals surface area (Å²) in [4.78, 5) is 50.1. The number of H-pyrrole nitrogens is 1. The molecule has 3 aromatic heterocycles. The van der Waals surface area contributed by atoms with E-state index in [0.29, 0.717) is 65.5 Å². The third-order valence-corrected chi connectivity index (χ3v) is 8.23. The van der Waals surface area contributed by atoms with E-state index in [-0.39, 0.29) is 22.6 Å². The van der Waals surface area contributed by atoms with Crippen LogP contribution in [0.3, 0.4) is 0 Å². The zero-order valence-electron chi connectivity index (χ0n) is 26.0. The summed E-state index contributed by atoms with van der Waals surface area (Å²) in [6.07, 6.45) is 3.06. The first-order valence-corrected chi connectivity index (χ1v) is 14.8. The molecule has 6 rings (SSSR count). The average Bonchev–Trinajstić information content (AvgIpc) is 3.04. The average molecular weight is 606 g/mol. The summed E-state index contributed by atoms with van der Waals surface area (Å²) < 4.78 is 6.87. The number of aromatic amines is 1. The summed E-state index contributed by atoms with van der Waals surface area (Å²) >= 11 is 0. The van der Waals surface area contributed by atoms with Gasteiger partial charge in [-0.15, -0.1) is 0 Å².